The summed E-state index contributed by atoms with van der Waals surface area (Å²) in [4.78, 5) is 0. The maximum Gasteiger partial charge on any atom is -0.00396 e. The maximum absolute atomic E-state index is 5.61. The van der Waals surface area contributed by atoms with Gasteiger partial charge in [0.05, 0.1) is 0 Å². The van der Waals surface area contributed by atoms with E-state index in [0.717, 1.165) is 13.0 Å². The summed E-state index contributed by atoms with van der Waals surface area (Å²) in [6, 6.07) is 0. The smallest absolute Gasteiger partial charge is 0.00396 e. The SMILES string of the molecule is CC1=C(CCN)C(C)(C)CCC1.Cl. The first kappa shape index (κ1) is 13.0. The molecule has 0 heterocycles. The Labute approximate surface area is 88.2 Å². The summed E-state index contributed by atoms with van der Waals surface area (Å²) >= 11 is 0. The molecule has 0 saturated carbocycles. The Kier molecular flexibility index (Phi) is 5.01. The van der Waals surface area contributed by atoms with Crippen molar-refractivity contribution in [3.05, 3.63) is 11.1 Å². The molecule has 0 aliphatic heterocycles. The Morgan fingerprint density at radius 2 is 2.00 bits per heavy atom. The fourth-order valence-electron chi connectivity index (χ4n) is 2.37. The molecule has 0 aromatic carbocycles. The van der Waals surface area contributed by atoms with Crippen LogP contribution in [0.25, 0.3) is 0 Å². The molecule has 2 heteroatoms. The molecule has 0 unspecified atom stereocenters. The number of allylic oxidation sites excluding steroid dienone is 1. The second kappa shape index (κ2) is 5.02. The zero-order valence-electron chi connectivity index (χ0n) is 9.02. The van der Waals surface area contributed by atoms with Gasteiger partial charge in [-0.1, -0.05) is 25.0 Å². The predicted molar refractivity (Wildman–Crippen MR) is 61.3 cm³/mol. The van der Waals surface area contributed by atoms with Crippen LogP contribution in [0.15, 0.2) is 11.1 Å². The molecule has 0 aromatic rings. The van der Waals surface area contributed by atoms with Crippen LogP contribution in [0.1, 0.15) is 46.5 Å². The van der Waals surface area contributed by atoms with E-state index in [1.54, 1.807) is 11.1 Å². The van der Waals surface area contributed by atoms with E-state index in [2.05, 4.69) is 20.8 Å². The number of rotatable bonds is 2. The maximum atomic E-state index is 5.61. The van der Waals surface area contributed by atoms with Crippen molar-refractivity contribution in [3.8, 4) is 0 Å². The highest BCUT2D eigenvalue weighted by Crippen LogP contribution is 2.41. The fourth-order valence-corrected chi connectivity index (χ4v) is 2.37. The lowest BCUT2D eigenvalue weighted by atomic mass is 9.71. The average Bonchev–Trinajstić information content (AvgIpc) is 1.97. The molecule has 0 radical (unpaired) electrons. The Balaban J connectivity index is 0.00000144. The van der Waals surface area contributed by atoms with E-state index < -0.39 is 0 Å². The molecule has 78 valence electrons. The molecular formula is C11H22ClN. The zero-order valence-corrected chi connectivity index (χ0v) is 9.84. The summed E-state index contributed by atoms with van der Waals surface area (Å²) in [6.07, 6.45) is 5.07. The standard InChI is InChI=1S/C11H21N.ClH/c1-9-5-4-7-11(2,3)10(9)6-8-12;/h4-8,12H2,1-3H3;1H. The van der Waals surface area contributed by atoms with Crippen LogP contribution in [0.4, 0.5) is 0 Å². The van der Waals surface area contributed by atoms with E-state index in [-0.39, 0.29) is 12.4 Å². The molecular weight excluding hydrogens is 182 g/mol. The first-order valence-corrected chi connectivity index (χ1v) is 4.97. The van der Waals surface area contributed by atoms with Crippen molar-refractivity contribution in [2.24, 2.45) is 11.1 Å². The third-order valence-corrected chi connectivity index (χ3v) is 3.08. The van der Waals surface area contributed by atoms with Crippen LogP contribution in [0.3, 0.4) is 0 Å². The van der Waals surface area contributed by atoms with E-state index in [1.165, 1.54) is 19.3 Å². The van der Waals surface area contributed by atoms with Gasteiger partial charge in [-0.25, -0.2) is 0 Å². The Hall–Kier alpha value is -0.0100. The molecule has 0 fully saturated rings. The average molecular weight is 204 g/mol. The first-order valence-electron chi connectivity index (χ1n) is 4.97. The highest BCUT2D eigenvalue weighted by molar-refractivity contribution is 5.85. The summed E-state index contributed by atoms with van der Waals surface area (Å²) in [5, 5.41) is 0. The second-order valence-electron chi connectivity index (χ2n) is 4.53. The minimum Gasteiger partial charge on any atom is -0.330 e. The largest absolute Gasteiger partial charge is 0.330 e. The molecule has 2 N–H and O–H groups in total. The lowest BCUT2D eigenvalue weighted by Gasteiger charge is -2.34. The quantitative estimate of drug-likeness (QED) is 0.685. The van der Waals surface area contributed by atoms with Crippen LogP contribution in [-0.2, 0) is 0 Å². The summed E-state index contributed by atoms with van der Waals surface area (Å²) in [5.41, 5.74) is 9.24. The van der Waals surface area contributed by atoms with E-state index in [1.807, 2.05) is 0 Å². The minimum absolute atomic E-state index is 0. The third-order valence-electron chi connectivity index (χ3n) is 3.08. The van der Waals surface area contributed by atoms with Crippen molar-refractivity contribution in [1.82, 2.24) is 0 Å². The number of halogens is 1. The summed E-state index contributed by atoms with van der Waals surface area (Å²) in [6.45, 7) is 7.77. The van der Waals surface area contributed by atoms with Crippen molar-refractivity contribution in [1.29, 1.82) is 0 Å². The first-order chi connectivity index (χ1) is 5.58. The molecule has 1 aliphatic carbocycles. The van der Waals surface area contributed by atoms with Crippen LogP contribution in [0, 0.1) is 5.41 Å². The molecule has 1 aliphatic rings. The normalized spacial score (nSPS) is 21.2. The molecule has 0 spiro atoms. The van der Waals surface area contributed by atoms with E-state index in [9.17, 15) is 0 Å². The van der Waals surface area contributed by atoms with Crippen molar-refractivity contribution in [3.63, 3.8) is 0 Å². The van der Waals surface area contributed by atoms with E-state index in [0.29, 0.717) is 5.41 Å². The van der Waals surface area contributed by atoms with Gasteiger partial charge in [-0.2, -0.15) is 0 Å². The topological polar surface area (TPSA) is 26.0 Å². The van der Waals surface area contributed by atoms with Gasteiger partial charge in [0.15, 0.2) is 0 Å². The van der Waals surface area contributed by atoms with Gasteiger partial charge in [-0.3, -0.25) is 0 Å². The summed E-state index contributed by atoms with van der Waals surface area (Å²) < 4.78 is 0. The van der Waals surface area contributed by atoms with Gasteiger partial charge in [0.25, 0.3) is 0 Å². The van der Waals surface area contributed by atoms with Gasteiger partial charge < -0.3 is 5.73 Å². The molecule has 1 rings (SSSR count). The molecule has 0 saturated heterocycles. The fraction of sp³-hybridized carbons (Fsp3) is 0.818. The molecule has 0 amide bonds. The van der Waals surface area contributed by atoms with Gasteiger partial charge in [0.2, 0.25) is 0 Å². The highest BCUT2D eigenvalue weighted by atomic mass is 35.5. The zero-order chi connectivity index (χ0) is 9.19. The third kappa shape index (κ3) is 2.99. The Morgan fingerprint density at radius 3 is 2.46 bits per heavy atom. The number of hydrogen-bond donors (Lipinski definition) is 1. The lowest BCUT2D eigenvalue weighted by molar-refractivity contribution is 0.355. The molecule has 0 atom stereocenters. The monoisotopic (exact) mass is 203 g/mol. The van der Waals surface area contributed by atoms with Crippen molar-refractivity contribution in [2.45, 2.75) is 46.5 Å². The predicted octanol–water partition coefficient (Wildman–Crippen LogP) is 3.28. The highest BCUT2D eigenvalue weighted by Gasteiger charge is 2.27. The van der Waals surface area contributed by atoms with E-state index in [4.69, 9.17) is 5.73 Å². The van der Waals surface area contributed by atoms with Gasteiger partial charge >= 0.3 is 0 Å². The molecule has 0 bridgehead atoms. The van der Waals surface area contributed by atoms with Gasteiger partial charge in [-0.15, -0.1) is 12.4 Å². The minimum atomic E-state index is 0. The summed E-state index contributed by atoms with van der Waals surface area (Å²) in [7, 11) is 0. The van der Waals surface area contributed by atoms with Crippen molar-refractivity contribution >= 4 is 12.4 Å². The van der Waals surface area contributed by atoms with Crippen LogP contribution < -0.4 is 5.73 Å². The molecule has 0 aromatic heterocycles. The van der Waals surface area contributed by atoms with Crippen molar-refractivity contribution < 1.29 is 0 Å². The second-order valence-corrected chi connectivity index (χ2v) is 4.53. The summed E-state index contributed by atoms with van der Waals surface area (Å²) in [5.74, 6) is 0. The number of hydrogen-bond acceptors (Lipinski definition) is 1. The van der Waals surface area contributed by atoms with Gasteiger partial charge in [-0.05, 0) is 44.6 Å². The Bertz CT molecular complexity index is 194. The molecule has 13 heavy (non-hydrogen) atoms. The lowest BCUT2D eigenvalue weighted by Crippen LogP contribution is -2.22. The Morgan fingerprint density at radius 1 is 1.38 bits per heavy atom. The van der Waals surface area contributed by atoms with Crippen molar-refractivity contribution in [2.75, 3.05) is 6.54 Å². The van der Waals surface area contributed by atoms with Gasteiger partial charge in [0, 0.05) is 0 Å². The molecule has 1 nitrogen and oxygen atoms in total. The van der Waals surface area contributed by atoms with Crippen LogP contribution in [0.5, 0.6) is 0 Å². The van der Waals surface area contributed by atoms with Gasteiger partial charge in [0.1, 0.15) is 0 Å². The van der Waals surface area contributed by atoms with E-state index >= 15 is 0 Å². The number of nitrogens with two attached hydrogens (primary N) is 1. The van der Waals surface area contributed by atoms with Crippen LogP contribution in [0.2, 0.25) is 0 Å². The van der Waals surface area contributed by atoms with Crippen LogP contribution >= 0.6 is 12.4 Å². The van der Waals surface area contributed by atoms with Crippen LogP contribution in [-0.4, -0.2) is 6.54 Å².